The molecule has 0 saturated heterocycles. The molecule has 2 aliphatic heterocycles. The lowest BCUT2D eigenvalue weighted by Gasteiger charge is -2.41. The van der Waals surface area contributed by atoms with Gasteiger partial charge in [-0.2, -0.15) is 0 Å². The standard InChI is InChI=1S/C19H21NO3/c1-22-18-9-13-6-7-20-11-15-12(4-3-5-17(15)21)8-16(20)14(13)10-19(18)23-2/h3-5,9-10,16,21H,6-8,11H2,1-2H3/t16-/m0/s1. The van der Waals surface area contributed by atoms with Gasteiger partial charge in [0.25, 0.3) is 0 Å². The van der Waals surface area contributed by atoms with E-state index in [9.17, 15) is 5.11 Å². The van der Waals surface area contributed by atoms with Crippen molar-refractivity contribution in [3.8, 4) is 17.2 Å². The molecule has 2 heterocycles. The minimum atomic E-state index is 0.341. The molecule has 0 radical (unpaired) electrons. The van der Waals surface area contributed by atoms with E-state index >= 15 is 0 Å². The van der Waals surface area contributed by atoms with Gasteiger partial charge in [-0.25, -0.2) is 0 Å². The fourth-order valence-electron chi connectivity index (χ4n) is 3.91. The molecule has 1 atom stereocenters. The highest BCUT2D eigenvalue weighted by Crippen LogP contribution is 2.43. The molecular weight excluding hydrogens is 290 g/mol. The molecule has 0 aliphatic carbocycles. The molecule has 2 aromatic carbocycles. The quantitative estimate of drug-likeness (QED) is 0.925. The van der Waals surface area contributed by atoms with Crippen molar-refractivity contribution in [2.75, 3.05) is 20.8 Å². The molecule has 4 heteroatoms. The van der Waals surface area contributed by atoms with E-state index in [1.165, 1.54) is 16.7 Å². The third-order valence-electron chi connectivity index (χ3n) is 5.14. The van der Waals surface area contributed by atoms with Gasteiger partial charge in [-0.15, -0.1) is 0 Å². The monoisotopic (exact) mass is 311 g/mol. The number of aromatic hydroxyl groups is 1. The maximum Gasteiger partial charge on any atom is 0.161 e. The first-order valence-electron chi connectivity index (χ1n) is 8.00. The van der Waals surface area contributed by atoms with Gasteiger partial charge < -0.3 is 14.6 Å². The average molecular weight is 311 g/mol. The molecule has 0 fully saturated rings. The second kappa shape index (κ2) is 5.46. The van der Waals surface area contributed by atoms with Gasteiger partial charge in [0.2, 0.25) is 0 Å². The first-order chi connectivity index (χ1) is 11.2. The van der Waals surface area contributed by atoms with Crippen LogP contribution in [0.25, 0.3) is 0 Å². The number of methoxy groups -OCH3 is 2. The summed E-state index contributed by atoms with van der Waals surface area (Å²) in [6.45, 7) is 1.81. The number of rotatable bonds is 2. The van der Waals surface area contributed by atoms with E-state index in [0.717, 1.165) is 43.0 Å². The summed E-state index contributed by atoms with van der Waals surface area (Å²) in [6, 6.07) is 10.4. The molecule has 0 aromatic heterocycles. The third kappa shape index (κ3) is 2.25. The number of phenols is 1. The first kappa shape index (κ1) is 14.4. The zero-order chi connectivity index (χ0) is 16.0. The Bertz CT molecular complexity index is 757. The van der Waals surface area contributed by atoms with Crippen molar-refractivity contribution < 1.29 is 14.6 Å². The Morgan fingerprint density at radius 1 is 1.09 bits per heavy atom. The lowest BCUT2D eigenvalue weighted by molar-refractivity contribution is 0.158. The van der Waals surface area contributed by atoms with E-state index < -0.39 is 0 Å². The maximum atomic E-state index is 10.1. The van der Waals surface area contributed by atoms with E-state index in [0.29, 0.717) is 11.8 Å². The SMILES string of the molecule is COc1cc2c(cc1OC)[C@@H]1Cc3cccc(O)c3CN1CC2. The molecule has 1 N–H and O–H groups in total. The highest BCUT2D eigenvalue weighted by molar-refractivity contribution is 5.51. The minimum Gasteiger partial charge on any atom is -0.508 e. The Hall–Kier alpha value is -2.20. The first-order valence-corrected chi connectivity index (χ1v) is 8.00. The summed E-state index contributed by atoms with van der Waals surface area (Å²) in [6.07, 6.45) is 1.92. The van der Waals surface area contributed by atoms with Crippen molar-refractivity contribution in [1.82, 2.24) is 4.90 Å². The zero-order valence-corrected chi connectivity index (χ0v) is 13.5. The molecule has 0 amide bonds. The normalized spacial score (nSPS) is 19.5. The topological polar surface area (TPSA) is 41.9 Å². The molecule has 4 rings (SSSR count). The molecule has 120 valence electrons. The van der Waals surface area contributed by atoms with Crippen molar-refractivity contribution in [3.63, 3.8) is 0 Å². The summed E-state index contributed by atoms with van der Waals surface area (Å²) in [5.74, 6) is 2.00. The number of phenolic OH excluding ortho intramolecular Hbond substituents is 1. The summed E-state index contributed by atoms with van der Waals surface area (Å²) in [5, 5.41) is 10.1. The molecule has 4 nitrogen and oxygen atoms in total. The Morgan fingerprint density at radius 2 is 1.87 bits per heavy atom. The van der Waals surface area contributed by atoms with Crippen LogP contribution >= 0.6 is 0 Å². The molecule has 0 bridgehead atoms. The Balaban J connectivity index is 1.78. The van der Waals surface area contributed by atoms with E-state index in [2.05, 4.69) is 23.1 Å². The number of benzene rings is 2. The Labute approximate surface area is 136 Å². The molecule has 2 aromatic rings. The Morgan fingerprint density at radius 3 is 2.65 bits per heavy atom. The minimum absolute atomic E-state index is 0.341. The van der Waals surface area contributed by atoms with Gasteiger partial charge in [0.1, 0.15) is 5.75 Å². The van der Waals surface area contributed by atoms with E-state index in [-0.39, 0.29) is 0 Å². The molecular formula is C19H21NO3. The fourth-order valence-corrected chi connectivity index (χ4v) is 3.91. The highest BCUT2D eigenvalue weighted by Gasteiger charge is 2.33. The number of ether oxygens (including phenoxy) is 2. The summed E-state index contributed by atoms with van der Waals surface area (Å²) < 4.78 is 10.9. The molecule has 23 heavy (non-hydrogen) atoms. The van der Waals surface area contributed by atoms with Crippen LogP contribution in [0.2, 0.25) is 0 Å². The van der Waals surface area contributed by atoms with Crippen LogP contribution in [-0.4, -0.2) is 30.8 Å². The summed E-state index contributed by atoms with van der Waals surface area (Å²) in [4.78, 5) is 2.45. The van der Waals surface area contributed by atoms with Gasteiger partial charge in [0.05, 0.1) is 14.2 Å². The van der Waals surface area contributed by atoms with Crippen LogP contribution in [0.3, 0.4) is 0 Å². The van der Waals surface area contributed by atoms with Gasteiger partial charge in [0.15, 0.2) is 11.5 Å². The highest BCUT2D eigenvalue weighted by atomic mass is 16.5. The number of hydrogen-bond donors (Lipinski definition) is 1. The lowest BCUT2D eigenvalue weighted by Crippen LogP contribution is -2.39. The summed E-state index contributed by atoms with van der Waals surface area (Å²) >= 11 is 0. The zero-order valence-electron chi connectivity index (χ0n) is 13.5. The second-order valence-corrected chi connectivity index (χ2v) is 6.26. The summed E-state index contributed by atoms with van der Waals surface area (Å²) in [7, 11) is 3.36. The van der Waals surface area contributed by atoms with Gasteiger partial charge in [-0.3, -0.25) is 4.90 Å². The fraction of sp³-hybridized carbons (Fsp3) is 0.368. The van der Waals surface area contributed by atoms with Crippen molar-refractivity contribution in [2.45, 2.75) is 25.4 Å². The Kier molecular flexibility index (Phi) is 3.42. The predicted octanol–water partition coefficient (Wildman–Crippen LogP) is 3.06. The molecule has 0 unspecified atom stereocenters. The van der Waals surface area contributed by atoms with Gasteiger partial charge in [-0.1, -0.05) is 12.1 Å². The van der Waals surface area contributed by atoms with E-state index in [1.807, 2.05) is 6.07 Å². The molecule has 2 aliphatic rings. The predicted molar refractivity (Wildman–Crippen MR) is 88.2 cm³/mol. The van der Waals surface area contributed by atoms with Crippen LogP contribution in [0.15, 0.2) is 30.3 Å². The van der Waals surface area contributed by atoms with Crippen LogP contribution in [0.5, 0.6) is 17.2 Å². The third-order valence-corrected chi connectivity index (χ3v) is 5.14. The average Bonchev–Trinajstić information content (AvgIpc) is 2.59. The van der Waals surface area contributed by atoms with Crippen LogP contribution in [0.4, 0.5) is 0 Å². The smallest absolute Gasteiger partial charge is 0.161 e. The van der Waals surface area contributed by atoms with Crippen LogP contribution in [-0.2, 0) is 19.4 Å². The molecule has 0 spiro atoms. The van der Waals surface area contributed by atoms with Crippen LogP contribution < -0.4 is 9.47 Å². The van der Waals surface area contributed by atoms with Gasteiger partial charge in [0, 0.05) is 24.7 Å². The van der Waals surface area contributed by atoms with E-state index in [1.54, 1.807) is 20.3 Å². The van der Waals surface area contributed by atoms with Gasteiger partial charge >= 0.3 is 0 Å². The van der Waals surface area contributed by atoms with Gasteiger partial charge in [-0.05, 0) is 47.7 Å². The maximum absolute atomic E-state index is 10.1. The van der Waals surface area contributed by atoms with Crippen molar-refractivity contribution in [1.29, 1.82) is 0 Å². The van der Waals surface area contributed by atoms with Crippen molar-refractivity contribution >= 4 is 0 Å². The van der Waals surface area contributed by atoms with Crippen molar-refractivity contribution in [3.05, 3.63) is 52.6 Å². The largest absolute Gasteiger partial charge is 0.508 e. The number of fused-ring (bicyclic) bond motifs is 4. The summed E-state index contributed by atoms with van der Waals surface area (Å²) in [5.41, 5.74) is 4.98. The number of nitrogens with zero attached hydrogens (tertiary/aromatic N) is 1. The number of hydrogen-bond acceptors (Lipinski definition) is 4. The molecule has 0 saturated carbocycles. The van der Waals surface area contributed by atoms with Crippen LogP contribution in [0, 0.1) is 0 Å². The van der Waals surface area contributed by atoms with Crippen molar-refractivity contribution in [2.24, 2.45) is 0 Å². The van der Waals surface area contributed by atoms with Crippen LogP contribution in [0.1, 0.15) is 28.3 Å². The van der Waals surface area contributed by atoms with E-state index in [4.69, 9.17) is 9.47 Å². The second-order valence-electron chi connectivity index (χ2n) is 6.26. The lowest BCUT2D eigenvalue weighted by atomic mass is 9.83.